The molecular formula is C22H30N4O. The van der Waals surface area contributed by atoms with Gasteiger partial charge in [-0.25, -0.2) is 0 Å². The molecule has 1 aliphatic heterocycles. The molecule has 1 fully saturated rings. The molecular weight excluding hydrogens is 336 g/mol. The molecule has 5 nitrogen and oxygen atoms in total. The molecule has 4 rings (SSSR count). The van der Waals surface area contributed by atoms with Gasteiger partial charge in [-0.05, 0) is 82.3 Å². The number of rotatable bonds is 3. The maximum atomic E-state index is 10.5. The first-order valence-electron chi connectivity index (χ1n) is 10.3. The molecule has 27 heavy (non-hydrogen) atoms. The summed E-state index contributed by atoms with van der Waals surface area (Å²) in [6, 6.07) is 6.25. The van der Waals surface area contributed by atoms with E-state index >= 15 is 0 Å². The Kier molecular flexibility index (Phi) is 5.30. The molecule has 0 bridgehead atoms. The van der Waals surface area contributed by atoms with Crippen molar-refractivity contribution in [3.8, 4) is 17.0 Å². The van der Waals surface area contributed by atoms with Gasteiger partial charge in [0.25, 0.3) is 0 Å². The lowest BCUT2D eigenvalue weighted by Crippen LogP contribution is -2.40. The Bertz CT molecular complexity index is 820. The predicted molar refractivity (Wildman–Crippen MR) is 109 cm³/mol. The first-order chi connectivity index (χ1) is 13.1. The van der Waals surface area contributed by atoms with E-state index < -0.39 is 0 Å². The summed E-state index contributed by atoms with van der Waals surface area (Å²) in [5.41, 5.74) is 5.29. The molecule has 1 aliphatic carbocycles. The number of benzene rings is 1. The van der Waals surface area contributed by atoms with E-state index in [9.17, 15) is 5.11 Å². The van der Waals surface area contributed by atoms with Gasteiger partial charge in [-0.2, -0.15) is 0 Å². The maximum Gasteiger partial charge on any atom is 0.152 e. The number of nitrogens with one attached hydrogen (secondary N) is 1. The Labute approximate surface area is 161 Å². The van der Waals surface area contributed by atoms with Crippen LogP contribution >= 0.6 is 0 Å². The highest BCUT2D eigenvalue weighted by Crippen LogP contribution is 2.36. The monoisotopic (exact) mass is 366 g/mol. The van der Waals surface area contributed by atoms with E-state index in [1.54, 1.807) is 0 Å². The van der Waals surface area contributed by atoms with Crippen LogP contribution in [0.5, 0.6) is 5.75 Å². The fraction of sp³-hybridized carbons (Fsp3) is 0.545. The van der Waals surface area contributed by atoms with E-state index in [-0.39, 0.29) is 0 Å². The van der Waals surface area contributed by atoms with Crippen LogP contribution < -0.4 is 5.32 Å². The lowest BCUT2D eigenvalue weighted by atomic mass is 9.96. The standard InChI is InChI=1S/C22H30N4O/c1-15-10-11-19(20(27)13-15)21-17-8-4-3-5-9-18(17)22(25-24-21)23-16-7-6-12-26(2)14-16/h10-11,13,16,27H,3-9,12,14H2,1-2H3,(H,23,25)/t16-/m1/s1. The number of likely N-dealkylation sites (tertiary alicyclic amines) is 1. The van der Waals surface area contributed by atoms with Gasteiger partial charge in [-0.1, -0.05) is 12.5 Å². The number of likely N-dealkylation sites (N-methyl/N-ethyl adjacent to an activating group) is 1. The van der Waals surface area contributed by atoms with Gasteiger partial charge in [0, 0.05) is 23.7 Å². The minimum absolute atomic E-state index is 0.297. The topological polar surface area (TPSA) is 61.3 Å². The molecule has 0 unspecified atom stereocenters. The number of anilines is 1. The number of hydrogen-bond donors (Lipinski definition) is 2. The Morgan fingerprint density at radius 3 is 2.67 bits per heavy atom. The van der Waals surface area contributed by atoms with E-state index in [4.69, 9.17) is 0 Å². The average molecular weight is 367 g/mol. The van der Waals surface area contributed by atoms with Gasteiger partial charge in [0.15, 0.2) is 5.82 Å². The molecule has 0 spiro atoms. The molecule has 0 saturated carbocycles. The highest BCUT2D eigenvalue weighted by Gasteiger charge is 2.24. The van der Waals surface area contributed by atoms with Crippen LogP contribution in [-0.4, -0.2) is 46.4 Å². The molecule has 1 saturated heterocycles. The fourth-order valence-electron chi connectivity index (χ4n) is 4.48. The Balaban J connectivity index is 1.72. The highest BCUT2D eigenvalue weighted by atomic mass is 16.3. The van der Waals surface area contributed by atoms with E-state index in [0.29, 0.717) is 11.8 Å². The number of aromatic hydroxyl groups is 1. The van der Waals surface area contributed by atoms with Gasteiger partial charge in [-0.15, -0.1) is 10.2 Å². The summed E-state index contributed by atoms with van der Waals surface area (Å²) in [7, 11) is 2.18. The van der Waals surface area contributed by atoms with Crippen molar-refractivity contribution in [1.82, 2.24) is 15.1 Å². The van der Waals surface area contributed by atoms with Crippen molar-refractivity contribution in [3.05, 3.63) is 34.9 Å². The molecule has 144 valence electrons. The van der Waals surface area contributed by atoms with E-state index in [1.807, 2.05) is 25.1 Å². The van der Waals surface area contributed by atoms with Gasteiger partial charge >= 0.3 is 0 Å². The number of hydrogen-bond acceptors (Lipinski definition) is 5. The summed E-state index contributed by atoms with van der Waals surface area (Å²) >= 11 is 0. The number of nitrogens with zero attached hydrogens (tertiary/aromatic N) is 3. The van der Waals surface area contributed by atoms with Crippen LogP contribution in [0.4, 0.5) is 5.82 Å². The minimum Gasteiger partial charge on any atom is -0.507 e. The Morgan fingerprint density at radius 2 is 1.89 bits per heavy atom. The van der Waals surface area contributed by atoms with Gasteiger partial charge in [-0.3, -0.25) is 0 Å². The lowest BCUT2D eigenvalue weighted by molar-refractivity contribution is 0.260. The maximum absolute atomic E-state index is 10.5. The molecule has 0 amide bonds. The summed E-state index contributed by atoms with van der Waals surface area (Å²) in [5, 5.41) is 23.4. The smallest absolute Gasteiger partial charge is 0.152 e. The molecule has 5 heteroatoms. The van der Waals surface area contributed by atoms with Crippen molar-refractivity contribution in [2.75, 3.05) is 25.5 Å². The summed E-state index contributed by atoms with van der Waals surface area (Å²) in [6.07, 6.45) is 8.04. The van der Waals surface area contributed by atoms with E-state index in [2.05, 4.69) is 27.5 Å². The summed E-state index contributed by atoms with van der Waals surface area (Å²) < 4.78 is 0. The lowest BCUT2D eigenvalue weighted by Gasteiger charge is -2.31. The molecule has 1 atom stereocenters. The van der Waals surface area contributed by atoms with E-state index in [0.717, 1.165) is 42.0 Å². The summed E-state index contributed by atoms with van der Waals surface area (Å²) in [5.74, 6) is 1.26. The van der Waals surface area contributed by atoms with Crippen molar-refractivity contribution in [2.45, 2.75) is 57.9 Å². The van der Waals surface area contributed by atoms with Gasteiger partial charge in [0.05, 0.1) is 0 Å². The van der Waals surface area contributed by atoms with Crippen molar-refractivity contribution >= 4 is 5.82 Å². The van der Waals surface area contributed by atoms with Crippen LogP contribution in [0.3, 0.4) is 0 Å². The third-order valence-electron chi connectivity index (χ3n) is 5.91. The molecule has 2 aliphatic rings. The fourth-order valence-corrected chi connectivity index (χ4v) is 4.48. The van der Waals surface area contributed by atoms with Crippen molar-refractivity contribution in [2.24, 2.45) is 0 Å². The second kappa shape index (κ2) is 7.85. The number of phenols is 1. The van der Waals surface area contributed by atoms with Crippen molar-refractivity contribution in [1.29, 1.82) is 0 Å². The Morgan fingerprint density at radius 1 is 1.07 bits per heavy atom. The quantitative estimate of drug-likeness (QED) is 0.806. The summed E-state index contributed by atoms with van der Waals surface area (Å²) in [4.78, 5) is 2.38. The molecule has 2 N–H and O–H groups in total. The van der Waals surface area contributed by atoms with Crippen LogP contribution in [0.1, 0.15) is 48.8 Å². The first-order valence-corrected chi connectivity index (χ1v) is 10.3. The Hall–Kier alpha value is -2.14. The molecule has 1 aromatic heterocycles. The van der Waals surface area contributed by atoms with E-state index in [1.165, 1.54) is 49.8 Å². The molecule has 2 heterocycles. The van der Waals surface area contributed by atoms with Crippen LogP contribution in [-0.2, 0) is 12.8 Å². The zero-order valence-corrected chi connectivity index (χ0v) is 16.5. The van der Waals surface area contributed by atoms with Crippen LogP contribution in [0.15, 0.2) is 18.2 Å². The third-order valence-corrected chi connectivity index (χ3v) is 5.91. The molecule has 1 aromatic carbocycles. The second-order valence-corrected chi connectivity index (χ2v) is 8.18. The molecule has 0 radical (unpaired) electrons. The first kappa shape index (κ1) is 18.2. The summed E-state index contributed by atoms with van der Waals surface area (Å²) in [6.45, 7) is 4.22. The number of aryl methyl sites for hydroxylation is 1. The zero-order chi connectivity index (χ0) is 18.8. The number of fused-ring (bicyclic) bond motifs is 1. The van der Waals surface area contributed by atoms with Crippen LogP contribution in [0.2, 0.25) is 0 Å². The number of piperidine rings is 1. The van der Waals surface area contributed by atoms with Crippen molar-refractivity contribution < 1.29 is 5.11 Å². The zero-order valence-electron chi connectivity index (χ0n) is 16.5. The van der Waals surface area contributed by atoms with Gasteiger partial charge < -0.3 is 15.3 Å². The highest BCUT2D eigenvalue weighted by molar-refractivity contribution is 5.72. The van der Waals surface area contributed by atoms with Crippen LogP contribution in [0, 0.1) is 6.92 Å². The molecule has 2 aromatic rings. The minimum atomic E-state index is 0.297. The number of phenolic OH excluding ortho intramolecular Hbond substituents is 1. The van der Waals surface area contributed by atoms with Crippen molar-refractivity contribution in [3.63, 3.8) is 0 Å². The largest absolute Gasteiger partial charge is 0.507 e. The van der Waals surface area contributed by atoms with Gasteiger partial charge in [0.1, 0.15) is 11.4 Å². The normalized spacial score (nSPS) is 20.7. The number of aromatic nitrogens is 2. The average Bonchev–Trinajstić information content (AvgIpc) is 2.89. The third kappa shape index (κ3) is 3.93. The second-order valence-electron chi connectivity index (χ2n) is 8.18. The van der Waals surface area contributed by atoms with Crippen LogP contribution in [0.25, 0.3) is 11.3 Å². The van der Waals surface area contributed by atoms with Gasteiger partial charge in [0.2, 0.25) is 0 Å². The SMILES string of the molecule is Cc1ccc(-c2nnc(N[C@@H]3CCCN(C)C3)c3c2CCCCC3)c(O)c1. The predicted octanol–water partition coefficient (Wildman–Crippen LogP) is 3.93.